The van der Waals surface area contributed by atoms with E-state index in [0.29, 0.717) is 23.7 Å². The Bertz CT molecular complexity index is 694. The Balaban J connectivity index is 1.76. The molecule has 1 N–H and O–H groups in total. The number of benzene rings is 1. The van der Waals surface area contributed by atoms with Gasteiger partial charge in [0.15, 0.2) is 0 Å². The summed E-state index contributed by atoms with van der Waals surface area (Å²) >= 11 is 0. The second-order valence-corrected chi connectivity index (χ2v) is 6.16. The van der Waals surface area contributed by atoms with E-state index in [1.165, 1.54) is 0 Å². The number of carbonyl (C=O) groups excluding carboxylic acids is 1. The Hall–Kier alpha value is -1.94. The topological polar surface area (TPSA) is 45.2 Å². The van der Waals surface area contributed by atoms with Gasteiger partial charge in [0.05, 0.1) is 0 Å². The van der Waals surface area contributed by atoms with Crippen LogP contribution in [0.2, 0.25) is 0 Å². The standard InChI is InChI=1S/C17H19N3O/c1-11-8-13-9-18-10-15(13)20(11)17(21)16-14-5-3-2-4-12(14)6-7-19-16/h2-7,11,13,15,18H,8-10H2,1H3. The normalized spacial score (nSPS) is 28.0. The van der Waals surface area contributed by atoms with Crippen molar-refractivity contribution in [3.8, 4) is 0 Å². The molecular weight excluding hydrogens is 262 g/mol. The van der Waals surface area contributed by atoms with Gasteiger partial charge in [-0.2, -0.15) is 0 Å². The number of hydrogen-bond donors (Lipinski definition) is 1. The van der Waals surface area contributed by atoms with Gasteiger partial charge in [-0.25, -0.2) is 0 Å². The van der Waals surface area contributed by atoms with E-state index in [1.807, 2.05) is 30.3 Å². The Morgan fingerprint density at radius 1 is 1.29 bits per heavy atom. The molecule has 2 saturated heterocycles. The van der Waals surface area contributed by atoms with E-state index in [2.05, 4.69) is 22.1 Å². The number of hydrogen-bond acceptors (Lipinski definition) is 3. The molecule has 4 nitrogen and oxygen atoms in total. The molecule has 3 atom stereocenters. The van der Waals surface area contributed by atoms with Crippen molar-refractivity contribution in [3.63, 3.8) is 0 Å². The van der Waals surface area contributed by atoms with Crippen LogP contribution in [0.3, 0.4) is 0 Å². The summed E-state index contributed by atoms with van der Waals surface area (Å²) in [5.74, 6) is 0.675. The molecular formula is C17H19N3O. The number of likely N-dealkylation sites (tertiary alicyclic amines) is 1. The summed E-state index contributed by atoms with van der Waals surface area (Å²) in [6.45, 7) is 4.09. The lowest BCUT2D eigenvalue weighted by atomic mass is 10.0. The first-order valence-electron chi connectivity index (χ1n) is 7.63. The molecule has 3 unspecified atom stereocenters. The van der Waals surface area contributed by atoms with Crippen molar-refractivity contribution in [2.24, 2.45) is 5.92 Å². The first kappa shape index (κ1) is 12.8. The number of nitrogens with zero attached hydrogens (tertiary/aromatic N) is 2. The van der Waals surface area contributed by atoms with Crippen molar-refractivity contribution in [2.75, 3.05) is 13.1 Å². The summed E-state index contributed by atoms with van der Waals surface area (Å²) in [6.07, 6.45) is 2.83. The zero-order valence-electron chi connectivity index (χ0n) is 12.1. The van der Waals surface area contributed by atoms with Crippen LogP contribution >= 0.6 is 0 Å². The minimum absolute atomic E-state index is 0.0792. The highest BCUT2D eigenvalue weighted by Gasteiger charge is 2.44. The Labute approximate surface area is 124 Å². The fourth-order valence-electron chi connectivity index (χ4n) is 3.93. The summed E-state index contributed by atoms with van der Waals surface area (Å²) < 4.78 is 0. The molecule has 0 bridgehead atoms. The number of amides is 1. The van der Waals surface area contributed by atoms with Crippen molar-refractivity contribution < 1.29 is 4.79 Å². The van der Waals surface area contributed by atoms with Crippen molar-refractivity contribution >= 4 is 16.7 Å². The number of pyridine rings is 1. The summed E-state index contributed by atoms with van der Waals surface area (Å²) in [5.41, 5.74) is 0.590. The van der Waals surface area contributed by atoms with Crippen LogP contribution in [0.5, 0.6) is 0 Å². The molecule has 4 rings (SSSR count). The van der Waals surface area contributed by atoms with Crippen LogP contribution in [0.4, 0.5) is 0 Å². The Morgan fingerprint density at radius 2 is 2.14 bits per heavy atom. The summed E-state index contributed by atoms with van der Waals surface area (Å²) in [6, 6.07) is 10.6. The molecule has 1 aromatic heterocycles. The van der Waals surface area contributed by atoms with Gasteiger partial charge in [0.1, 0.15) is 5.69 Å². The van der Waals surface area contributed by atoms with Crippen LogP contribution in [0, 0.1) is 5.92 Å². The van der Waals surface area contributed by atoms with Crippen LogP contribution < -0.4 is 5.32 Å². The van der Waals surface area contributed by atoms with Gasteiger partial charge in [0, 0.05) is 36.8 Å². The second kappa shape index (κ2) is 4.81. The molecule has 4 heteroatoms. The fraction of sp³-hybridized carbons (Fsp3) is 0.412. The minimum atomic E-state index is 0.0792. The van der Waals surface area contributed by atoms with Crippen molar-refractivity contribution in [1.82, 2.24) is 15.2 Å². The van der Waals surface area contributed by atoms with Gasteiger partial charge in [-0.3, -0.25) is 9.78 Å². The molecule has 2 fully saturated rings. The van der Waals surface area contributed by atoms with Crippen LogP contribution in [0.15, 0.2) is 36.5 Å². The molecule has 21 heavy (non-hydrogen) atoms. The van der Waals surface area contributed by atoms with E-state index in [0.717, 1.165) is 30.3 Å². The zero-order chi connectivity index (χ0) is 14.4. The van der Waals surface area contributed by atoms with E-state index < -0.39 is 0 Å². The third kappa shape index (κ3) is 1.94. The smallest absolute Gasteiger partial charge is 0.273 e. The number of aromatic nitrogens is 1. The maximum absolute atomic E-state index is 13.0. The molecule has 108 valence electrons. The SMILES string of the molecule is CC1CC2CNCC2N1C(=O)c1nccc2ccccc12. The molecule has 1 aromatic carbocycles. The summed E-state index contributed by atoms with van der Waals surface area (Å²) in [7, 11) is 0. The Kier molecular flexibility index (Phi) is 2.93. The average molecular weight is 281 g/mol. The highest BCUT2D eigenvalue weighted by molar-refractivity contribution is 6.05. The first-order valence-corrected chi connectivity index (χ1v) is 7.63. The van der Waals surface area contributed by atoms with Gasteiger partial charge >= 0.3 is 0 Å². The number of rotatable bonds is 1. The molecule has 2 aromatic rings. The zero-order valence-corrected chi connectivity index (χ0v) is 12.1. The van der Waals surface area contributed by atoms with Gasteiger partial charge in [-0.05, 0) is 30.7 Å². The van der Waals surface area contributed by atoms with Crippen LogP contribution in [-0.2, 0) is 0 Å². The molecule has 0 aliphatic carbocycles. The third-order valence-electron chi connectivity index (χ3n) is 4.89. The molecule has 2 aliphatic rings. The van der Waals surface area contributed by atoms with E-state index in [9.17, 15) is 4.79 Å². The van der Waals surface area contributed by atoms with Crippen LogP contribution in [0.1, 0.15) is 23.8 Å². The number of fused-ring (bicyclic) bond motifs is 2. The molecule has 3 heterocycles. The van der Waals surface area contributed by atoms with E-state index in [4.69, 9.17) is 0 Å². The lowest BCUT2D eigenvalue weighted by Gasteiger charge is -2.27. The van der Waals surface area contributed by atoms with Gasteiger partial charge < -0.3 is 10.2 Å². The quantitative estimate of drug-likeness (QED) is 0.870. The molecule has 1 amide bonds. The van der Waals surface area contributed by atoms with Gasteiger partial charge in [0.25, 0.3) is 5.91 Å². The lowest BCUT2D eigenvalue weighted by molar-refractivity contribution is 0.0678. The average Bonchev–Trinajstić information content (AvgIpc) is 3.06. The van der Waals surface area contributed by atoms with Crippen molar-refractivity contribution in [2.45, 2.75) is 25.4 Å². The largest absolute Gasteiger partial charge is 0.330 e. The number of nitrogens with one attached hydrogen (secondary N) is 1. The van der Waals surface area contributed by atoms with E-state index in [-0.39, 0.29) is 5.91 Å². The van der Waals surface area contributed by atoms with E-state index >= 15 is 0 Å². The third-order valence-corrected chi connectivity index (χ3v) is 4.89. The highest BCUT2D eigenvalue weighted by Crippen LogP contribution is 2.33. The van der Waals surface area contributed by atoms with Gasteiger partial charge in [0.2, 0.25) is 0 Å². The predicted octanol–water partition coefficient (Wildman–Crippen LogP) is 2.06. The highest BCUT2D eigenvalue weighted by atomic mass is 16.2. The first-order chi connectivity index (χ1) is 10.3. The van der Waals surface area contributed by atoms with Gasteiger partial charge in [-0.15, -0.1) is 0 Å². The molecule has 0 radical (unpaired) electrons. The van der Waals surface area contributed by atoms with E-state index in [1.54, 1.807) is 6.20 Å². The number of carbonyl (C=O) groups is 1. The maximum atomic E-state index is 13.0. The predicted molar refractivity (Wildman–Crippen MR) is 82.1 cm³/mol. The van der Waals surface area contributed by atoms with Crippen LogP contribution in [0.25, 0.3) is 10.8 Å². The molecule has 0 saturated carbocycles. The minimum Gasteiger partial charge on any atom is -0.330 e. The van der Waals surface area contributed by atoms with Crippen molar-refractivity contribution in [3.05, 3.63) is 42.2 Å². The molecule has 2 aliphatic heterocycles. The summed E-state index contributed by atoms with van der Waals surface area (Å²) in [5, 5.41) is 5.43. The van der Waals surface area contributed by atoms with Gasteiger partial charge in [-0.1, -0.05) is 24.3 Å². The second-order valence-electron chi connectivity index (χ2n) is 6.16. The van der Waals surface area contributed by atoms with Crippen molar-refractivity contribution in [1.29, 1.82) is 0 Å². The Morgan fingerprint density at radius 3 is 3.05 bits per heavy atom. The monoisotopic (exact) mass is 281 g/mol. The lowest BCUT2D eigenvalue weighted by Crippen LogP contribution is -2.43. The van der Waals surface area contributed by atoms with Crippen LogP contribution in [-0.4, -0.2) is 41.0 Å². The fourth-order valence-corrected chi connectivity index (χ4v) is 3.93. The maximum Gasteiger partial charge on any atom is 0.273 e. The summed E-state index contributed by atoms with van der Waals surface area (Å²) in [4.78, 5) is 19.5. The molecule has 0 spiro atoms.